The Morgan fingerprint density at radius 2 is 2.04 bits per heavy atom. The predicted octanol–water partition coefficient (Wildman–Crippen LogP) is 3.70. The summed E-state index contributed by atoms with van der Waals surface area (Å²) >= 11 is 0. The molecule has 2 rings (SSSR count). The molecule has 0 fully saturated rings. The van der Waals surface area contributed by atoms with Crippen molar-refractivity contribution in [1.82, 2.24) is 0 Å². The van der Waals surface area contributed by atoms with Gasteiger partial charge in [0.25, 0.3) is 0 Å². The van der Waals surface area contributed by atoms with E-state index in [0.717, 1.165) is 18.4 Å². The number of nitrogens with zero attached hydrogens (tertiary/aromatic N) is 1. The second kappa shape index (κ2) is 8.58. The fourth-order valence-corrected chi connectivity index (χ4v) is 2.77. The summed E-state index contributed by atoms with van der Waals surface area (Å²) in [5, 5.41) is 0. The van der Waals surface area contributed by atoms with Gasteiger partial charge in [0.2, 0.25) is 0 Å². The van der Waals surface area contributed by atoms with E-state index in [0.29, 0.717) is 12.0 Å². The molecule has 0 saturated carbocycles. The molecule has 1 aromatic carbocycles. The Bertz CT molecular complexity index is 678. The maximum absolute atomic E-state index is 11.9. The van der Waals surface area contributed by atoms with Crippen LogP contribution in [-0.2, 0) is 14.3 Å². The van der Waals surface area contributed by atoms with E-state index < -0.39 is 5.72 Å². The van der Waals surface area contributed by atoms with Crippen molar-refractivity contribution in [3.05, 3.63) is 66.8 Å². The van der Waals surface area contributed by atoms with Gasteiger partial charge in [-0.2, -0.15) is 0 Å². The molecule has 0 bridgehead atoms. The van der Waals surface area contributed by atoms with Crippen molar-refractivity contribution in [2.75, 3.05) is 18.6 Å². The number of allylic oxidation sites excluding steroid dienone is 3. The van der Waals surface area contributed by atoms with Gasteiger partial charge in [0.05, 0.1) is 6.61 Å². The van der Waals surface area contributed by atoms with Gasteiger partial charge in [-0.1, -0.05) is 24.3 Å². The summed E-state index contributed by atoms with van der Waals surface area (Å²) in [4.78, 5) is 25.2. The molecular weight excluding hydrogens is 314 g/mol. The van der Waals surface area contributed by atoms with Gasteiger partial charge in [0.15, 0.2) is 11.5 Å². The Labute approximate surface area is 149 Å². The molecule has 0 heterocycles. The Kier molecular flexibility index (Phi) is 6.48. The lowest BCUT2D eigenvalue weighted by molar-refractivity contribution is -0.115. The highest BCUT2D eigenvalue weighted by Crippen LogP contribution is 2.31. The molecule has 0 saturated heterocycles. The third kappa shape index (κ3) is 4.54. The molecule has 1 aliphatic carbocycles. The summed E-state index contributed by atoms with van der Waals surface area (Å²) in [7, 11) is 1.92. The highest BCUT2D eigenvalue weighted by molar-refractivity contribution is 6.05. The van der Waals surface area contributed by atoms with Gasteiger partial charge < -0.3 is 14.4 Å². The van der Waals surface area contributed by atoms with Crippen LogP contribution in [0.1, 0.15) is 19.8 Å². The van der Waals surface area contributed by atoms with Crippen molar-refractivity contribution in [2.24, 2.45) is 5.92 Å². The second-order valence-electron chi connectivity index (χ2n) is 6.24. The molecule has 0 aliphatic heterocycles. The van der Waals surface area contributed by atoms with Crippen molar-refractivity contribution in [3.63, 3.8) is 0 Å². The Hall–Kier alpha value is -2.46. The molecule has 2 unspecified atom stereocenters. The van der Waals surface area contributed by atoms with E-state index in [1.807, 2.05) is 48.4 Å². The lowest BCUT2D eigenvalue weighted by Gasteiger charge is -2.40. The minimum Gasteiger partial charge on any atom is -0.347 e. The van der Waals surface area contributed by atoms with E-state index in [9.17, 15) is 9.59 Å². The monoisotopic (exact) mass is 339 g/mol. The number of aldehydes is 1. The number of carbonyl (C=O) groups is 2. The van der Waals surface area contributed by atoms with Crippen molar-refractivity contribution >= 4 is 17.8 Å². The SMILES string of the molecule is C=CCCC(C=O)COC1(N(C)c2ccccc2)C=CC(=O)C(C)=C1. The fraction of sp³-hybridized carbons (Fsp3) is 0.333. The average molecular weight is 339 g/mol. The number of ketones is 1. The highest BCUT2D eigenvalue weighted by atomic mass is 16.5. The molecule has 132 valence electrons. The molecule has 2 atom stereocenters. The zero-order chi connectivity index (χ0) is 18.3. The van der Waals surface area contributed by atoms with E-state index in [1.165, 1.54) is 6.08 Å². The molecule has 4 nitrogen and oxygen atoms in total. The van der Waals surface area contributed by atoms with E-state index in [1.54, 1.807) is 19.1 Å². The van der Waals surface area contributed by atoms with Crippen molar-refractivity contribution in [2.45, 2.75) is 25.5 Å². The van der Waals surface area contributed by atoms with Crippen LogP contribution in [0.15, 0.2) is 66.8 Å². The molecule has 1 aromatic rings. The zero-order valence-electron chi connectivity index (χ0n) is 14.9. The lowest BCUT2D eigenvalue weighted by atomic mass is 9.97. The van der Waals surface area contributed by atoms with Gasteiger partial charge >= 0.3 is 0 Å². The van der Waals surface area contributed by atoms with Crippen LogP contribution in [0.5, 0.6) is 0 Å². The fourth-order valence-electron chi connectivity index (χ4n) is 2.77. The number of hydrogen-bond donors (Lipinski definition) is 0. The summed E-state index contributed by atoms with van der Waals surface area (Å²) in [6.07, 6.45) is 9.29. The minimum absolute atomic E-state index is 0.0284. The molecule has 0 radical (unpaired) electrons. The second-order valence-corrected chi connectivity index (χ2v) is 6.24. The number of likely N-dealkylation sites (N-methyl/N-ethyl adjacent to an activating group) is 1. The number of hydrogen-bond acceptors (Lipinski definition) is 4. The largest absolute Gasteiger partial charge is 0.347 e. The van der Waals surface area contributed by atoms with Crippen LogP contribution >= 0.6 is 0 Å². The quantitative estimate of drug-likeness (QED) is 0.391. The minimum atomic E-state index is -0.894. The van der Waals surface area contributed by atoms with Crippen LogP contribution in [-0.4, -0.2) is 31.4 Å². The van der Waals surface area contributed by atoms with Crippen LogP contribution in [0.3, 0.4) is 0 Å². The van der Waals surface area contributed by atoms with Crippen molar-refractivity contribution in [3.8, 4) is 0 Å². The highest BCUT2D eigenvalue weighted by Gasteiger charge is 2.35. The van der Waals surface area contributed by atoms with Crippen LogP contribution in [0.2, 0.25) is 0 Å². The number of ether oxygens (including phenoxy) is 1. The van der Waals surface area contributed by atoms with Crippen LogP contribution in [0.25, 0.3) is 0 Å². The van der Waals surface area contributed by atoms with Crippen LogP contribution < -0.4 is 4.90 Å². The van der Waals surface area contributed by atoms with Gasteiger partial charge in [-0.15, -0.1) is 6.58 Å². The molecular formula is C21H25NO3. The smallest absolute Gasteiger partial charge is 0.181 e. The zero-order valence-corrected chi connectivity index (χ0v) is 14.9. The first-order valence-corrected chi connectivity index (χ1v) is 8.44. The van der Waals surface area contributed by atoms with Crippen molar-refractivity contribution in [1.29, 1.82) is 0 Å². The topological polar surface area (TPSA) is 46.6 Å². The first-order chi connectivity index (χ1) is 12.0. The molecule has 1 aliphatic rings. The summed E-state index contributed by atoms with van der Waals surface area (Å²) in [5.41, 5.74) is 0.688. The summed E-state index contributed by atoms with van der Waals surface area (Å²) in [6, 6.07) is 9.81. The maximum Gasteiger partial charge on any atom is 0.181 e. The molecule has 0 spiro atoms. The third-order valence-electron chi connectivity index (χ3n) is 4.42. The molecule has 0 amide bonds. The maximum atomic E-state index is 11.9. The van der Waals surface area contributed by atoms with E-state index >= 15 is 0 Å². The van der Waals surface area contributed by atoms with E-state index in [2.05, 4.69) is 6.58 Å². The number of benzene rings is 1. The van der Waals surface area contributed by atoms with Crippen LogP contribution in [0, 0.1) is 5.92 Å². The van der Waals surface area contributed by atoms with Gasteiger partial charge in [0.1, 0.15) is 6.29 Å². The van der Waals surface area contributed by atoms with E-state index in [4.69, 9.17) is 4.74 Å². The van der Waals surface area contributed by atoms with Crippen molar-refractivity contribution < 1.29 is 14.3 Å². The average Bonchev–Trinajstić information content (AvgIpc) is 2.65. The normalized spacial score (nSPS) is 20.7. The standard InChI is InChI=1S/C21H25NO3/c1-4-5-9-18(15-23)16-25-21(13-12-20(24)17(2)14-21)22(3)19-10-7-6-8-11-19/h4,6-8,10-15,18H,1,5,9,16H2,2-3H3. The first-order valence-electron chi connectivity index (χ1n) is 8.44. The van der Waals surface area contributed by atoms with E-state index in [-0.39, 0.29) is 18.3 Å². The summed E-state index contributed by atoms with van der Waals surface area (Å²) in [6.45, 7) is 5.74. The predicted molar refractivity (Wildman–Crippen MR) is 100 cm³/mol. The Balaban J connectivity index is 2.27. The van der Waals surface area contributed by atoms with Gasteiger partial charge in [0, 0.05) is 18.7 Å². The number of para-hydroxylation sites is 1. The molecule has 25 heavy (non-hydrogen) atoms. The molecule has 0 N–H and O–H groups in total. The lowest BCUT2D eigenvalue weighted by Crippen LogP contribution is -2.48. The van der Waals surface area contributed by atoms with Crippen LogP contribution in [0.4, 0.5) is 5.69 Å². The molecule has 4 heteroatoms. The van der Waals surface area contributed by atoms with Gasteiger partial charge in [-0.25, -0.2) is 0 Å². The molecule has 0 aromatic heterocycles. The summed E-state index contributed by atoms with van der Waals surface area (Å²) in [5.74, 6) is -0.238. The van der Waals surface area contributed by atoms with Gasteiger partial charge in [-0.3, -0.25) is 4.79 Å². The summed E-state index contributed by atoms with van der Waals surface area (Å²) < 4.78 is 6.20. The third-order valence-corrected chi connectivity index (χ3v) is 4.42. The Morgan fingerprint density at radius 3 is 2.64 bits per heavy atom. The number of rotatable bonds is 9. The number of carbonyl (C=O) groups excluding carboxylic acids is 2. The first kappa shape index (κ1) is 18.9. The van der Waals surface area contributed by atoms with Gasteiger partial charge in [-0.05, 0) is 55.7 Å². The Morgan fingerprint density at radius 1 is 1.32 bits per heavy atom. The number of anilines is 1.